The maximum Gasteiger partial charge on any atom is 0.358 e. The van der Waals surface area contributed by atoms with Crippen molar-refractivity contribution in [1.82, 2.24) is 4.98 Å². The Balaban J connectivity index is 2.36. The van der Waals surface area contributed by atoms with Crippen molar-refractivity contribution in [2.75, 3.05) is 0 Å². The minimum atomic E-state index is 0.291. The second-order valence-corrected chi connectivity index (χ2v) is 4.95. The molecule has 4 rings (SSSR count). The lowest BCUT2D eigenvalue weighted by molar-refractivity contribution is -0.591. The van der Waals surface area contributed by atoms with Crippen molar-refractivity contribution in [3.63, 3.8) is 0 Å². The summed E-state index contributed by atoms with van der Waals surface area (Å²) in [5.41, 5.74) is 3.24. The Kier molecular flexibility index (Phi) is 1.99. The smallest absolute Gasteiger partial charge is 0.358 e. The Morgan fingerprint density at radius 3 is 2.40 bits per heavy atom. The average molecular weight is 265 g/mol. The molecule has 0 saturated heterocycles. The summed E-state index contributed by atoms with van der Waals surface area (Å²) in [5.74, 6) is 0. The number of aryl methyl sites for hydroxylation is 1. The lowest BCUT2D eigenvalue weighted by Crippen LogP contribution is -2.39. The van der Waals surface area contributed by atoms with Crippen LogP contribution < -0.4 is 9.46 Å². The van der Waals surface area contributed by atoms with E-state index in [1.165, 1.54) is 0 Å². The van der Waals surface area contributed by atoms with Gasteiger partial charge in [-0.15, -0.1) is 0 Å². The third kappa shape index (κ3) is 1.26. The molecule has 2 aromatic carbocycles. The Morgan fingerprint density at radius 2 is 1.65 bits per heavy atom. The molecule has 5 nitrogen and oxygen atoms in total. The van der Waals surface area contributed by atoms with Crippen LogP contribution in [0.15, 0.2) is 42.5 Å². The first kappa shape index (κ1) is 11.0. The molecule has 2 aromatic heterocycles. The minimum absolute atomic E-state index is 0.291. The molecule has 0 bridgehead atoms. The van der Waals surface area contributed by atoms with E-state index in [-0.39, 0.29) is 0 Å². The molecule has 98 valence electrons. The maximum atomic E-state index is 12.6. The van der Waals surface area contributed by atoms with Crippen LogP contribution in [0.2, 0.25) is 0 Å². The summed E-state index contributed by atoms with van der Waals surface area (Å²) in [6, 6.07) is 12.5. The topological polar surface area (TPSA) is 69.7 Å². The van der Waals surface area contributed by atoms with Gasteiger partial charge in [-0.2, -0.15) is 4.73 Å². The van der Waals surface area contributed by atoms with Crippen LogP contribution in [0, 0.1) is 17.3 Å². The SMILES string of the molecule is Cc1ccc2[nH]c3c(c2c1)[n+]([O-])c1ccccc1[n+]3[O-]. The Labute approximate surface area is 113 Å². The highest BCUT2D eigenvalue weighted by Gasteiger charge is 2.24. The molecule has 0 fully saturated rings. The first-order valence-electron chi connectivity index (χ1n) is 6.32. The van der Waals surface area contributed by atoms with Crippen molar-refractivity contribution in [1.29, 1.82) is 0 Å². The number of hydrogen-bond acceptors (Lipinski definition) is 2. The van der Waals surface area contributed by atoms with Gasteiger partial charge >= 0.3 is 11.2 Å². The Hall–Kier alpha value is -2.82. The molecular formula is C15H11N3O2. The Bertz CT molecular complexity index is 989. The van der Waals surface area contributed by atoms with Crippen LogP contribution in [-0.2, 0) is 0 Å². The van der Waals surface area contributed by atoms with Gasteiger partial charge in [0.25, 0.3) is 5.52 Å². The molecule has 0 radical (unpaired) electrons. The second kappa shape index (κ2) is 3.60. The van der Waals surface area contributed by atoms with Crippen LogP contribution in [0.5, 0.6) is 0 Å². The second-order valence-electron chi connectivity index (χ2n) is 4.95. The molecule has 0 amide bonds. The van der Waals surface area contributed by atoms with Gasteiger partial charge in [0.05, 0.1) is 0 Å². The molecule has 4 aromatic rings. The quantitative estimate of drug-likeness (QED) is 0.390. The molecule has 0 aliphatic heterocycles. The molecule has 0 saturated carbocycles. The highest BCUT2D eigenvalue weighted by Crippen LogP contribution is 2.23. The zero-order valence-electron chi connectivity index (χ0n) is 10.8. The van der Waals surface area contributed by atoms with Gasteiger partial charge in [0, 0.05) is 6.07 Å². The summed E-state index contributed by atoms with van der Waals surface area (Å²) in [5, 5.41) is 25.8. The fourth-order valence-corrected chi connectivity index (χ4v) is 2.68. The summed E-state index contributed by atoms with van der Waals surface area (Å²) >= 11 is 0. The summed E-state index contributed by atoms with van der Waals surface area (Å²) in [6.45, 7) is 1.96. The van der Waals surface area contributed by atoms with Crippen LogP contribution in [0.1, 0.15) is 5.56 Å². The van der Waals surface area contributed by atoms with E-state index in [0.717, 1.165) is 25.9 Å². The molecule has 0 atom stereocenters. The normalized spacial score (nSPS) is 11.7. The van der Waals surface area contributed by atoms with Crippen LogP contribution >= 0.6 is 0 Å². The fourth-order valence-electron chi connectivity index (χ4n) is 2.68. The Morgan fingerprint density at radius 1 is 0.950 bits per heavy atom. The maximum absolute atomic E-state index is 12.6. The van der Waals surface area contributed by atoms with Crippen LogP contribution in [0.3, 0.4) is 0 Å². The van der Waals surface area contributed by atoms with Crippen molar-refractivity contribution in [3.05, 3.63) is 58.4 Å². The van der Waals surface area contributed by atoms with Crippen LogP contribution in [0.25, 0.3) is 33.1 Å². The number of nitrogens with zero attached hydrogens (tertiary/aromatic N) is 2. The summed E-state index contributed by atoms with van der Waals surface area (Å²) in [4.78, 5) is 3.04. The number of H-pyrrole nitrogens is 1. The minimum Gasteiger partial charge on any atom is -0.710 e. The van der Waals surface area contributed by atoms with E-state index in [2.05, 4.69) is 4.98 Å². The standard InChI is InChI=1S/C15H11N3O2/c1-9-6-7-11-10(8-9)14-15(16-11)18(20)13-5-3-2-4-12(13)17(14)19/h2-8,16H,1H3. The van der Waals surface area contributed by atoms with Gasteiger partial charge in [0.2, 0.25) is 5.52 Å². The molecule has 0 aliphatic carbocycles. The summed E-state index contributed by atoms with van der Waals surface area (Å²) in [6.07, 6.45) is 0. The van der Waals surface area contributed by atoms with Gasteiger partial charge in [-0.1, -0.05) is 18.2 Å². The third-order valence-corrected chi connectivity index (χ3v) is 3.63. The summed E-state index contributed by atoms with van der Waals surface area (Å²) in [7, 11) is 0. The van der Waals surface area contributed by atoms with E-state index in [1.807, 2.05) is 25.1 Å². The van der Waals surface area contributed by atoms with E-state index >= 15 is 0 Å². The predicted molar refractivity (Wildman–Crippen MR) is 76.0 cm³/mol. The third-order valence-electron chi connectivity index (χ3n) is 3.63. The zero-order chi connectivity index (χ0) is 13.9. The van der Waals surface area contributed by atoms with E-state index in [9.17, 15) is 10.4 Å². The van der Waals surface area contributed by atoms with Gasteiger partial charge in [-0.3, -0.25) is 0 Å². The predicted octanol–water partition coefficient (Wildman–Crippen LogP) is 2.05. The first-order valence-corrected chi connectivity index (χ1v) is 6.32. The van der Waals surface area contributed by atoms with E-state index in [0.29, 0.717) is 22.2 Å². The number of fused-ring (bicyclic) bond motifs is 4. The number of aromatic nitrogens is 3. The average Bonchev–Trinajstić information content (AvgIpc) is 2.84. The number of aromatic amines is 1. The van der Waals surface area contributed by atoms with Crippen molar-refractivity contribution in [2.24, 2.45) is 0 Å². The van der Waals surface area contributed by atoms with E-state index in [4.69, 9.17) is 0 Å². The van der Waals surface area contributed by atoms with E-state index < -0.39 is 0 Å². The highest BCUT2D eigenvalue weighted by molar-refractivity contribution is 6.01. The number of benzene rings is 2. The molecule has 1 N–H and O–H groups in total. The molecule has 2 heterocycles. The van der Waals surface area contributed by atoms with Gasteiger partial charge in [0.15, 0.2) is 0 Å². The molecular weight excluding hydrogens is 254 g/mol. The largest absolute Gasteiger partial charge is 0.710 e. The molecule has 0 spiro atoms. The molecule has 20 heavy (non-hydrogen) atoms. The van der Waals surface area contributed by atoms with Crippen molar-refractivity contribution in [3.8, 4) is 0 Å². The molecule has 0 unspecified atom stereocenters. The van der Waals surface area contributed by atoms with Gasteiger partial charge < -0.3 is 10.4 Å². The fraction of sp³-hybridized carbons (Fsp3) is 0.0667. The highest BCUT2D eigenvalue weighted by atomic mass is 16.5. The molecule has 0 aliphatic rings. The van der Waals surface area contributed by atoms with Gasteiger partial charge in [-0.05, 0) is 30.7 Å². The zero-order valence-corrected chi connectivity index (χ0v) is 10.8. The van der Waals surface area contributed by atoms with Crippen molar-refractivity contribution in [2.45, 2.75) is 6.92 Å². The van der Waals surface area contributed by atoms with Gasteiger partial charge in [0.1, 0.15) is 10.9 Å². The van der Waals surface area contributed by atoms with Crippen molar-refractivity contribution >= 4 is 33.1 Å². The van der Waals surface area contributed by atoms with Gasteiger partial charge in [-0.25, -0.2) is 9.71 Å². The lowest BCUT2D eigenvalue weighted by atomic mass is 10.1. The summed E-state index contributed by atoms with van der Waals surface area (Å²) < 4.78 is 1.62. The van der Waals surface area contributed by atoms with Crippen LogP contribution in [-0.4, -0.2) is 4.98 Å². The number of para-hydroxylation sites is 2. The lowest BCUT2D eigenvalue weighted by Gasteiger charge is -2.07. The monoisotopic (exact) mass is 265 g/mol. The number of nitrogens with one attached hydrogen (secondary N) is 1. The van der Waals surface area contributed by atoms with Crippen molar-refractivity contribution < 1.29 is 9.46 Å². The van der Waals surface area contributed by atoms with E-state index in [1.54, 1.807) is 24.3 Å². The first-order chi connectivity index (χ1) is 9.66. The van der Waals surface area contributed by atoms with Crippen LogP contribution in [0.4, 0.5) is 0 Å². The number of hydrogen-bond donors (Lipinski definition) is 1. The number of rotatable bonds is 0. The molecule has 5 heteroatoms.